The van der Waals surface area contributed by atoms with E-state index in [1.165, 1.54) is 31.4 Å². The lowest BCUT2D eigenvalue weighted by Gasteiger charge is -2.26. The molecular weight excluding hydrogens is 405 g/mol. The first kappa shape index (κ1) is 20.7. The molecule has 156 valence electrons. The van der Waals surface area contributed by atoms with Crippen LogP contribution in [-0.4, -0.2) is 47.9 Å². The largest absolute Gasteiger partial charge is 0.494 e. The molecule has 0 amide bonds. The van der Waals surface area contributed by atoms with Crippen LogP contribution in [-0.2, 0) is 19.6 Å². The minimum Gasteiger partial charge on any atom is -0.494 e. The van der Waals surface area contributed by atoms with Gasteiger partial charge in [0.1, 0.15) is 19.8 Å². The first-order chi connectivity index (χ1) is 13.9. The number of ether oxygens (including phenoxy) is 4. The van der Waals surface area contributed by atoms with Gasteiger partial charge < -0.3 is 18.9 Å². The van der Waals surface area contributed by atoms with Crippen molar-refractivity contribution in [2.24, 2.45) is 0 Å². The molecule has 0 aliphatic carbocycles. The van der Waals surface area contributed by atoms with Crippen LogP contribution in [0.3, 0.4) is 0 Å². The molecule has 2 aromatic rings. The van der Waals surface area contributed by atoms with Crippen LogP contribution in [0.1, 0.15) is 6.92 Å². The molecule has 3 rings (SSSR count). The van der Waals surface area contributed by atoms with Crippen LogP contribution in [0.25, 0.3) is 0 Å². The maximum atomic E-state index is 14.1. The van der Waals surface area contributed by atoms with E-state index in [4.69, 9.17) is 18.9 Å². The van der Waals surface area contributed by atoms with Crippen molar-refractivity contribution >= 4 is 21.7 Å². The predicted octanol–water partition coefficient (Wildman–Crippen LogP) is 2.36. The number of anilines is 1. The number of esters is 1. The van der Waals surface area contributed by atoms with Crippen molar-refractivity contribution in [2.45, 2.75) is 11.8 Å². The Kier molecular flexibility index (Phi) is 6.12. The maximum absolute atomic E-state index is 14.1. The first-order valence-electron chi connectivity index (χ1n) is 8.78. The van der Waals surface area contributed by atoms with E-state index < -0.39 is 28.4 Å². The number of nitrogens with zero attached hydrogens (tertiary/aromatic N) is 1. The summed E-state index contributed by atoms with van der Waals surface area (Å²) in [5.74, 6) is -0.880. The molecule has 10 heteroatoms. The van der Waals surface area contributed by atoms with Crippen molar-refractivity contribution in [2.75, 3.05) is 37.8 Å². The van der Waals surface area contributed by atoms with Crippen LogP contribution >= 0.6 is 0 Å². The third-order valence-electron chi connectivity index (χ3n) is 4.10. The molecule has 8 nitrogen and oxygen atoms in total. The Morgan fingerprint density at radius 2 is 1.86 bits per heavy atom. The van der Waals surface area contributed by atoms with Crippen LogP contribution in [0.15, 0.2) is 41.3 Å². The summed E-state index contributed by atoms with van der Waals surface area (Å²) in [5, 5.41) is 0. The number of methoxy groups -OCH3 is 1. The molecule has 29 heavy (non-hydrogen) atoms. The average molecular weight is 425 g/mol. The van der Waals surface area contributed by atoms with E-state index in [-0.39, 0.29) is 22.9 Å². The van der Waals surface area contributed by atoms with Crippen LogP contribution in [0, 0.1) is 5.82 Å². The molecule has 0 atom stereocenters. The van der Waals surface area contributed by atoms with Gasteiger partial charge in [-0.05, 0) is 37.3 Å². The summed E-state index contributed by atoms with van der Waals surface area (Å²) >= 11 is 0. The highest BCUT2D eigenvalue weighted by Crippen LogP contribution is 2.36. The highest BCUT2D eigenvalue weighted by molar-refractivity contribution is 7.92. The molecule has 2 aromatic carbocycles. The summed E-state index contributed by atoms with van der Waals surface area (Å²) in [5.41, 5.74) is 0.151. The van der Waals surface area contributed by atoms with E-state index in [1.807, 2.05) is 0 Å². The van der Waals surface area contributed by atoms with Gasteiger partial charge >= 0.3 is 5.97 Å². The minimum atomic E-state index is -4.30. The fourth-order valence-electron chi connectivity index (χ4n) is 2.76. The van der Waals surface area contributed by atoms with Crippen LogP contribution < -0.4 is 18.5 Å². The monoisotopic (exact) mass is 425 g/mol. The molecule has 0 radical (unpaired) electrons. The first-order valence-corrected chi connectivity index (χ1v) is 10.2. The van der Waals surface area contributed by atoms with E-state index in [2.05, 4.69) is 0 Å². The Morgan fingerprint density at radius 1 is 1.14 bits per heavy atom. The lowest BCUT2D eigenvalue weighted by molar-refractivity contribution is -0.141. The Hall–Kier alpha value is -3.01. The standard InChI is InChI=1S/C19H20FNO7S/c1-3-26-19(22)12-21(13-4-6-17-18(10-13)28-9-8-27-17)29(23,24)14-5-7-16(25-2)15(20)11-14/h4-7,10-11H,3,8-9,12H2,1-2H3. The van der Waals surface area contributed by atoms with Gasteiger partial charge in [0.25, 0.3) is 10.0 Å². The second-order valence-electron chi connectivity index (χ2n) is 5.94. The Bertz CT molecular complexity index is 1010. The van der Waals surface area contributed by atoms with Crippen molar-refractivity contribution in [1.29, 1.82) is 0 Å². The zero-order valence-electron chi connectivity index (χ0n) is 15.9. The number of rotatable bonds is 7. The molecule has 0 bridgehead atoms. The number of carbonyl (C=O) groups excluding carboxylic acids is 1. The molecule has 1 heterocycles. The molecule has 1 aliphatic rings. The van der Waals surface area contributed by atoms with Crippen molar-refractivity contribution in [3.05, 3.63) is 42.2 Å². The van der Waals surface area contributed by atoms with E-state index in [1.54, 1.807) is 13.0 Å². The average Bonchev–Trinajstić information content (AvgIpc) is 2.71. The number of hydrogen-bond donors (Lipinski definition) is 0. The van der Waals surface area contributed by atoms with Crippen LogP contribution in [0.2, 0.25) is 0 Å². The summed E-state index contributed by atoms with van der Waals surface area (Å²) in [6.45, 7) is 1.79. The maximum Gasteiger partial charge on any atom is 0.326 e. The third-order valence-corrected chi connectivity index (χ3v) is 5.87. The molecule has 0 aromatic heterocycles. The summed E-state index contributed by atoms with van der Waals surface area (Å²) < 4.78 is 62.1. The molecular formula is C19H20FNO7S. The summed E-state index contributed by atoms with van der Waals surface area (Å²) in [6.07, 6.45) is 0. The van der Waals surface area contributed by atoms with E-state index in [0.29, 0.717) is 24.7 Å². The Balaban J connectivity index is 2.05. The van der Waals surface area contributed by atoms with Gasteiger partial charge in [-0.2, -0.15) is 0 Å². The Morgan fingerprint density at radius 3 is 2.52 bits per heavy atom. The normalized spacial score (nSPS) is 12.9. The zero-order valence-corrected chi connectivity index (χ0v) is 16.7. The number of benzene rings is 2. The van der Waals surface area contributed by atoms with Gasteiger partial charge in [0, 0.05) is 6.07 Å². The SMILES string of the molecule is CCOC(=O)CN(c1ccc2c(c1)OCCO2)S(=O)(=O)c1ccc(OC)c(F)c1. The lowest BCUT2D eigenvalue weighted by atomic mass is 10.2. The topological polar surface area (TPSA) is 91.4 Å². The second-order valence-corrected chi connectivity index (χ2v) is 7.80. The molecule has 0 spiro atoms. The number of sulfonamides is 1. The van der Waals surface area contributed by atoms with Gasteiger partial charge in [-0.25, -0.2) is 12.8 Å². The van der Waals surface area contributed by atoms with Crippen molar-refractivity contribution in [1.82, 2.24) is 0 Å². The summed E-state index contributed by atoms with van der Waals surface area (Å²) in [6, 6.07) is 7.72. The number of carbonyl (C=O) groups is 1. The van der Waals surface area contributed by atoms with Gasteiger partial charge in [0.2, 0.25) is 0 Å². The number of hydrogen-bond acceptors (Lipinski definition) is 7. The van der Waals surface area contributed by atoms with Gasteiger partial charge in [-0.15, -0.1) is 0 Å². The van der Waals surface area contributed by atoms with E-state index >= 15 is 0 Å². The smallest absolute Gasteiger partial charge is 0.326 e. The third kappa shape index (κ3) is 4.37. The molecule has 0 fully saturated rings. The summed E-state index contributed by atoms with van der Waals surface area (Å²) in [7, 11) is -3.03. The van der Waals surface area contributed by atoms with E-state index in [9.17, 15) is 17.6 Å². The van der Waals surface area contributed by atoms with Crippen LogP contribution in [0.4, 0.5) is 10.1 Å². The van der Waals surface area contributed by atoms with Crippen molar-refractivity contribution < 1.29 is 36.6 Å². The van der Waals surface area contributed by atoms with Gasteiger partial charge in [-0.3, -0.25) is 9.10 Å². The highest BCUT2D eigenvalue weighted by atomic mass is 32.2. The van der Waals surface area contributed by atoms with Crippen molar-refractivity contribution in [3.8, 4) is 17.2 Å². The summed E-state index contributed by atoms with van der Waals surface area (Å²) in [4.78, 5) is 11.7. The highest BCUT2D eigenvalue weighted by Gasteiger charge is 2.30. The Labute approximate surface area is 167 Å². The zero-order chi connectivity index (χ0) is 21.0. The molecule has 0 N–H and O–H groups in total. The van der Waals surface area contributed by atoms with Gasteiger partial charge in [0.15, 0.2) is 23.1 Å². The molecule has 1 aliphatic heterocycles. The van der Waals surface area contributed by atoms with Gasteiger partial charge in [-0.1, -0.05) is 0 Å². The van der Waals surface area contributed by atoms with Crippen LogP contribution in [0.5, 0.6) is 17.2 Å². The number of fused-ring (bicyclic) bond motifs is 1. The van der Waals surface area contributed by atoms with E-state index in [0.717, 1.165) is 10.4 Å². The van der Waals surface area contributed by atoms with Crippen molar-refractivity contribution in [3.63, 3.8) is 0 Å². The second kappa shape index (κ2) is 8.56. The molecule has 0 unspecified atom stereocenters. The fraction of sp³-hybridized carbons (Fsp3) is 0.316. The minimum absolute atomic E-state index is 0.0883. The fourth-order valence-corrected chi connectivity index (χ4v) is 4.17. The quantitative estimate of drug-likeness (QED) is 0.629. The molecule has 0 saturated carbocycles. The number of halogens is 1. The lowest BCUT2D eigenvalue weighted by Crippen LogP contribution is -2.36. The predicted molar refractivity (Wildman–Crippen MR) is 102 cm³/mol. The molecule has 0 saturated heterocycles. The van der Waals surface area contributed by atoms with Gasteiger partial charge in [0.05, 0.1) is 24.3 Å².